The van der Waals surface area contributed by atoms with E-state index in [9.17, 15) is 9.59 Å². The van der Waals surface area contributed by atoms with Crippen molar-refractivity contribution in [3.05, 3.63) is 35.7 Å². The van der Waals surface area contributed by atoms with Crippen molar-refractivity contribution >= 4 is 18.0 Å². The van der Waals surface area contributed by atoms with E-state index in [4.69, 9.17) is 10.2 Å². The number of aromatic carboxylic acids is 1. The van der Waals surface area contributed by atoms with Crippen LogP contribution in [-0.2, 0) is 4.79 Å². The van der Waals surface area contributed by atoms with Gasteiger partial charge in [0, 0.05) is 18.5 Å². The number of pyridine rings is 1. The van der Waals surface area contributed by atoms with Gasteiger partial charge < -0.3 is 10.2 Å². The van der Waals surface area contributed by atoms with E-state index in [1.807, 2.05) is 0 Å². The predicted molar refractivity (Wildman–Crippen MR) is 47.9 cm³/mol. The van der Waals surface area contributed by atoms with E-state index in [1.165, 1.54) is 24.5 Å². The Kier molecular flexibility index (Phi) is 2.96. The van der Waals surface area contributed by atoms with Crippen LogP contribution in [0.4, 0.5) is 0 Å². The zero-order valence-corrected chi connectivity index (χ0v) is 7.04. The number of carboxylic acids is 2. The van der Waals surface area contributed by atoms with Gasteiger partial charge in [-0.2, -0.15) is 0 Å². The van der Waals surface area contributed by atoms with Crippen LogP contribution in [-0.4, -0.2) is 27.1 Å². The molecule has 14 heavy (non-hydrogen) atoms. The number of carbonyl (C=O) groups is 2. The zero-order valence-electron chi connectivity index (χ0n) is 7.04. The Bertz CT molecular complexity index is 398. The summed E-state index contributed by atoms with van der Waals surface area (Å²) in [6, 6.07) is 1.43. The van der Waals surface area contributed by atoms with E-state index in [-0.39, 0.29) is 5.56 Å². The number of aromatic nitrogens is 1. The number of hydrogen-bond acceptors (Lipinski definition) is 3. The molecule has 5 nitrogen and oxygen atoms in total. The lowest BCUT2D eigenvalue weighted by Gasteiger charge is -1.97. The highest BCUT2D eigenvalue weighted by Crippen LogP contribution is 2.08. The minimum Gasteiger partial charge on any atom is -0.478 e. The molecule has 72 valence electrons. The van der Waals surface area contributed by atoms with Gasteiger partial charge in [0.05, 0.1) is 5.56 Å². The fourth-order valence-electron chi connectivity index (χ4n) is 0.890. The summed E-state index contributed by atoms with van der Waals surface area (Å²) in [4.78, 5) is 24.5. The molecular weight excluding hydrogens is 186 g/mol. The third-order valence-electron chi connectivity index (χ3n) is 1.49. The minimum absolute atomic E-state index is 0.0231. The molecule has 1 rings (SSSR count). The van der Waals surface area contributed by atoms with Crippen LogP contribution in [0.25, 0.3) is 6.08 Å². The van der Waals surface area contributed by atoms with Gasteiger partial charge in [-0.3, -0.25) is 4.98 Å². The van der Waals surface area contributed by atoms with Crippen molar-refractivity contribution < 1.29 is 19.8 Å². The summed E-state index contributed by atoms with van der Waals surface area (Å²) in [6.45, 7) is 0. The van der Waals surface area contributed by atoms with Gasteiger partial charge in [0.2, 0.25) is 0 Å². The highest BCUT2D eigenvalue weighted by Gasteiger charge is 2.06. The summed E-state index contributed by atoms with van der Waals surface area (Å²) < 4.78 is 0. The maximum atomic E-state index is 10.6. The van der Waals surface area contributed by atoms with Crippen LogP contribution in [0.2, 0.25) is 0 Å². The van der Waals surface area contributed by atoms with Gasteiger partial charge >= 0.3 is 11.9 Å². The van der Waals surface area contributed by atoms with Crippen molar-refractivity contribution in [1.29, 1.82) is 0 Å². The van der Waals surface area contributed by atoms with Crippen LogP contribution in [0.1, 0.15) is 15.9 Å². The summed E-state index contributed by atoms with van der Waals surface area (Å²) in [5.74, 6) is -2.26. The fraction of sp³-hybridized carbons (Fsp3) is 0. The van der Waals surface area contributed by atoms with Gasteiger partial charge in [-0.05, 0) is 17.7 Å². The lowest BCUT2D eigenvalue weighted by molar-refractivity contribution is -0.131. The standard InChI is InChI=1S/C9H7NO4/c11-8(12)2-1-6-3-4-10-5-7(6)9(13)14/h1-5H,(H,11,12)(H,13,14)/b2-1+. The summed E-state index contributed by atoms with van der Waals surface area (Å²) in [5, 5.41) is 17.1. The molecule has 0 bridgehead atoms. The second-order valence-electron chi connectivity index (χ2n) is 2.44. The summed E-state index contributed by atoms with van der Waals surface area (Å²) in [5.41, 5.74) is 0.292. The number of carboxylic acid groups (broad SMARTS) is 2. The van der Waals surface area contributed by atoms with E-state index in [0.717, 1.165) is 6.08 Å². The molecule has 5 heteroatoms. The van der Waals surface area contributed by atoms with Crippen molar-refractivity contribution in [2.45, 2.75) is 0 Å². The molecule has 0 saturated heterocycles. The fourth-order valence-corrected chi connectivity index (χ4v) is 0.890. The smallest absolute Gasteiger partial charge is 0.337 e. The molecule has 0 aliphatic heterocycles. The Hall–Kier alpha value is -2.17. The molecule has 1 aromatic rings. The molecule has 1 aromatic heterocycles. The quantitative estimate of drug-likeness (QED) is 0.695. The van der Waals surface area contributed by atoms with E-state index < -0.39 is 11.9 Å². The van der Waals surface area contributed by atoms with E-state index in [2.05, 4.69) is 4.98 Å². The summed E-state index contributed by atoms with van der Waals surface area (Å²) in [6.07, 6.45) is 4.66. The molecule has 0 aliphatic rings. The zero-order chi connectivity index (χ0) is 10.6. The molecule has 0 atom stereocenters. The van der Waals surface area contributed by atoms with E-state index >= 15 is 0 Å². The Balaban J connectivity index is 3.07. The molecular formula is C9H7NO4. The van der Waals surface area contributed by atoms with Gasteiger partial charge in [-0.1, -0.05) is 0 Å². The second kappa shape index (κ2) is 4.18. The topological polar surface area (TPSA) is 87.5 Å². The van der Waals surface area contributed by atoms with Crippen molar-refractivity contribution in [2.24, 2.45) is 0 Å². The maximum absolute atomic E-state index is 10.6. The van der Waals surface area contributed by atoms with Gasteiger partial charge in [0.15, 0.2) is 0 Å². The third kappa shape index (κ3) is 2.41. The average Bonchev–Trinajstić information content (AvgIpc) is 2.15. The predicted octanol–water partition coefficient (Wildman–Crippen LogP) is 0.878. The molecule has 2 N–H and O–H groups in total. The second-order valence-corrected chi connectivity index (χ2v) is 2.44. The van der Waals surface area contributed by atoms with E-state index in [1.54, 1.807) is 0 Å². The first-order valence-corrected chi connectivity index (χ1v) is 3.69. The number of hydrogen-bond donors (Lipinski definition) is 2. The monoisotopic (exact) mass is 193 g/mol. The first kappa shape index (κ1) is 9.91. The largest absolute Gasteiger partial charge is 0.478 e. The van der Waals surface area contributed by atoms with Crippen molar-refractivity contribution in [3.8, 4) is 0 Å². The third-order valence-corrected chi connectivity index (χ3v) is 1.49. The van der Waals surface area contributed by atoms with Gasteiger partial charge in [0.25, 0.3) is 0 Å². The number of aliphatic carboxylic acids is 1. The molecule has 0 aliphatic carbocycles. The highest BCUT2D eigenvalue weighted by atomic mass is 16.4. The molecule has 0 aromatic carbocycles. The maximum Gasteiger partial charge on any atom is 0.337 e. The first-order chi connectivity index (χ1) is 6.61. The highest BCUT2D eigenvalue weighted by molar-refractivity contribution is 5.94. The van der Waals surface area contributed by atoms with Crippen molar-refractivity contribution in [3.63, 3.8) is 0 Å². The first-order valence-electron chi connectivity index (χ1n) is 3.69. The Morgan fingerprint density at radius 2 is 2.07 bits per heavy atom. The van der Waals surface area contributed by atoms with E-state index in [0.29, 0.717) is 5.56 Å². The van der Waals surface area contributed by atoms with Gasteiger partial charge in [-0.25, -0.2) is 9.59 Å². The SMILES string of the molecule is O=C(O)/C=C/c1ccncc1C(=O)O. The minimum atomic E-state index is -1.14. The molecule has 0 fully saturated rings. The molecule has 0 radical (unpaired) electrons. The number of rotatable bonds is 3. The van der Waals surface area contributed by atoms with Gasteiger partial charge in [0.1, 0.15) is 0 Å². The summed E-state index contributed by atoms with van der Waals surface area (Å²) in [7, 11) is 0. The molecule has 1 heterocycles. The van der Waals surface area contributed by atoms with Crippen molar-refractivity contribution in [2.75, 3.05) is 0 Å². The lowest BCUT2D eigenvalue weighted by atomic mass is 10.1. The van der Waals surface area contributed by atoms with Crippen LogP contribution in [0.5, 0.6) is 0 Å². The van der Waals surface area contributed by atoms with Crippen LogP contribution in [0.3, 0.4) is 0 Å². The average molecular weight is 193 g/mol. The van der Waals surface area contributed by atoms with Crippen LogP contribution >= 0.6 is 0 Å². The van der Waals surface area contributed by atoms with Crippen LogP contribution in [0.15, 0.2) is 24.5 Å². The Morgan fingerprint density at radius 1 is 1.36 bits per heavy atom. The van der Waals surface area contributed by atoms with Crippen LogP contribution in [0, 0.1) is 0 Å². The van der Waals surface area contributed by atoms with Gasteiger partial charge in [-0.15, -0.1) is 0 Å². The molecule has 0 saturated carbocycles. The molecule has 0 unspecified atom stereocenters. The summed E-state index contributed by atoms with van der Waals surface area (Å²) >= 11 is 0. The Labute approximate surface area is 79.3 Å². The van der Waals surface area contributed by atoms with Crippen molar-refractivity contribution in [1.82, 2.24) is 4.98 Å². The lowest BCUT2D eigenvalue weighted by Crippen LogP contribution is -2.00. The number of nitrogens with zero attached hydrogens (tertiary/aromatic N) is 1. The normalized spacial score (nSPS) is 10.3. The molecule has 0 spiro atoms. The Morgan fingerprint density at radius 3 is 2.64 bits per heavy atom. The van der Waals surface area contributed by atoms with Crippen LogP contribution < -0.4 is 0 Å². The molecule has 0 amide bonds.